The maximum Gasteiger partial charge on any atom is 0.387 e. The Morgan fingerprint density at radius 3 is 2.33 bits per heavy atom. The molecule has 21 heavy (non-hydrogen) atoms. The summed E-state index contributed by atoms with van der Waals surface area (Å²) in [5.41, 5.74) is 6.63. The van der Waals surface area contributed by atoms with Crippen LogP contribution < -0.4 is 15.8 Å². The van der Waals surface area contributed by atoms with E-state index in [0.717, 1.165) is 21.1 Å². The molecule has 0 radical (unpaired) electrons. The topological polar surface area (TPSA) is 47.3 Å². The van der Waals surface area contributed by atoms with Gasteiger partial charge in [0, 0.05) is 21.1 Å². The maximum atomic E-state index is 13.5. The number of ether oxygens (including phenoxy) is 1. The number of hydrogen-bond acceptors (Lipinski definition) is 3. The third-order valence-electron chi connectivity index (χ3n) is 2.54. The quantitative estimate of drug-likeness (QED) is 0.655. The van der Waals surface area contributed by atoms with E-state index in [2.05, 4.69) is 41.9 Å². The minimum atomic E-state index is -3.12. The second-order valence-corrected chi connectivity index (χ2v) is 5.68. The van der Waals surface area contributed by atoms with E-state index in [-0.39, 0.29) is 11.4 Å². The number of nitrogens with two attached hydrogens (primary N) is 1. The Bertz CT molecular complexity index is 648. The SMILES string of the molecule is Nc1cc(F)c(OC(F)F)cc1Nc1c(Br)cccc1Br. The van der Waals surface area contributed by atoms with Gasteiger partial charge in [-0.1, -0.05) is 6.07 Å². The van der Waals surface area contributed by atoms with Crippen LogP contribution in [0.2, 0.25) is 0 Å². The van der Waals surface area contributed by atoms with Gasteiger partial charge >= 0.3 is 6.61 Å². The summed E-state index contributed by atoms with van der Waals surface area (Å²) < 4.78 is 43.5. The predicted octanol–water partition coefficient (Wildman–Crippen LogP) is 5.28. The predicted molar refractivity (Wildman–Crippen MR) is 82.6 cm³/mol. The van der Waals surface area contributed by atoms with E-state index in [1.165, 1.54) is 0 Å². The van der Waals surface area contributed by atoms with Gasteiger partial charge in [-0.25, -0.2) is 4.39 Å². The Hall–Kier alpha value is -1.41. The van der Waals surface area contributed by atoms with E-state index < -0.39 is 18.2 Å². The summed E-state index contributed by atoms with van der Waals surface area (Å²) in [7, 11) is 0. The molecule has 0 aliphatic carbocycles. The van der Waals surface area contributed by atoms with Gasteiger partial charge in [0.1, 0.15) is 0 Å². The van der Waals surface area contributed by atoms with Gasteiger partial charge in [-0.05, 0) is 44.0 Å². The summed E-state index contributed by atoms with van der Waals surface area (Å²) in [6.45, 7) is -3.12. The first-order valence-electron chi connectivity index (χ1n) is 5.63. The van der Waals surface area contributed by atoms with Crippen molar-refractivity contribution in [1.29, 1.82) is 0 Å². The minimum Gasteiger partial charge on any atom is -0.432 e. The highest BCUT2D eigenvalue weighted by molar-refractivity contribution is 9.11. The van der Waals surface area contributed by atoms with Crippen molar-refractivity contribution < 1.29 is 17.9 Å². The van der Waals surface area contributed by atoms with Crippen LogP contribution >= 0.6 is 31.9 Å². The molecule has 0 bridgehead atoms. The Kier molecular flexibility index (Phi) is 5.00. The number of nitrogens with one attached hydrogen (secondary N) is 1. The number of rotatable bonds is 4. The first-order valence-corrected chi connectivity index (χ1v) is 7.22. The zero-order valence-electron chi connectivity index (χ0n) is 10.3. The molecule has 0 unspecified atom stereocenters. The lowest BCUT2D eigenvalue weighted by atomic mass is 10.2. The molecule has 3 N–H and O–H groups in total. The smallest absolute Gasteiger partial charge is 0.387 e. The molecule has 0 fully saturated rings. The lowest BCUT2D eigenvalue weighted by Crippen LogP contribution is -2.06. The van der Waals surface area contributed by atoms with Gasteiger partial charge in [0.2, 0.25) is 0 Å². The zero-order valence-corrected chi connectivity index (χ0v) is 13.5. The van der Waals surface area contributed by atoms with Crippen LogP contribution in [0, 0.1) is 5.82 Å². The molecule has 0 aromatic heterocycles. The number of hydrogen-bond donors (Lipinski definition) is 2. The number of para-hydroxylation sites is 1. The molecule has 2 aromatic rings. The van der Waals surface area contributed by atoms with Crippen molar-refractivity contribution in [2.24, 2.45) is 0 Å². The molecule has 0 saturated heterocycles. The molecular formula is C13H9Br2F3N2O. The number of benzene rings is 2. The number of halogens is 5. The van der Waals surface area contributed by atoms with Crippen molar-refractivity contribution in [1.82, 2.24) is 0 Å². The molecule has 8 heteroatoms. The van der Waals surface area contributed by atoms with Crippen LogP contribution in [0.15, 0.2) is 39.3 Å². The molecule has 0 spiro atoms. The average Bonchev–Trinajstić information content (AvgIpc) is 2.38. The molecule has 3 nitrogen and oxygen atoms in total. The van der Waals surface area contributed by atoms with Gasteiger partial charge in [-0.15, -0.1) is 0 Å². The summed E-state index contributed by atoms with van der Waals surface area (Å²) in [6.07, 6.45) is 0. The zero-order chi connectivity index (χ0) is 15.6. The van der Waals surface area contributed by atoms with Crippen LogP contribution in [0.4, 0.5) is 30.2 Å². The van der Waals surface area contributed by atoms with Gasteiger partial charge in [-0.2, -0.15) is 8.78 Å². The van der Waals surface area contributed by atoms with Gasteiger partial charge in [-0.3, -0.25) is 0 Å². The number of alkyl halides is 2. The van der Waals surface area contributed by atoms with Crippen molar-refractivity contribution in [2.75, 3.05) is 11.1 Å². The Morgan fingerprint density at radius 1 is 1.14 bits per heavy atom. The minimum absolute atomic E-state index is 0.0665. The highest BCUT2D eigenvalue weighted by Gasteiger charge is 2.15. The highest BCUT2D eigenvalue weighted by atomic mass is 79.9. The van der Waals surface area contributed by atoms with E-state index in [4.69, 9.17) is 5.73 Å². The molecule has 2 aromatic carbocycles. The first-order chi connectivity index (χ1) is 9.88. The standard InChI is InChI=1S/C13H9Br2F3N2O/c14-6-2-1-3-7(15)12(6)20-10-5-11(21-13(17)18)8(16)4-9(10)19/h1-5,13,20H,19H2. The molecule has 0 amide bonds. The van der Waals surface area contributed by atoms with Crippen LogP contribution in [0.3, 0.4) is 0 Å². The average molecular weight is 426 g/mol. The van der Waals surface area contributed by atoms with E-state index in [1.54, 1.807) is 18.2 Å². The molecule has 0 atom stereocenters. The van der Waals surface area contributed by atoms with E-state index in [0.29, 0.717) is 5.69 Å². The number of nitrogen functional groups attached to an aromatic ring is 1. The summed E-state index contributed by atoms with van der Waals surface area (Å²) in [5.74, 6) is -1.53. The summed E-state index contributed by atoms with van der Waals surface area (Å²) in [5, 5.41) is 2.94. The van der Waals surface area contributed by atoms with Crippen molar-refractivity contribution in [3.8, 4) is 5.75 Å². The van der Waals surface area contributed by atoms with Gasteiger partial charge < -0.3 is 15.8 Å². The molecule has 0 heterocycles. The van der Waals surface area contributed by atoms with Crippen LogP contribution in [0.5, 0.6) is 5.75 Å². The first kappa shape index (κ1) is 16.0. The summed E-state index contributed by atoms with van der Waals surface area (Å²) in [4.78, 5) is 0. The second-order valence-electron chi connectivity index (χ2n) is 3.97. The molecular weight excluding hydrogens is 417 g/mol. The fourth-order valence-corrected chi connectivity index (χ4v) is 2.81. The summed E-state index contributed by atoms with van der Waals surface area (Å²) in [6, 6.07) is 7.37. The molecule has 0 aliphatic rings. The Morgan fingerprint density at radius 2 is 1.76 bits per heavy atom. The largest absolute Gasteiger partial charge is 0.432 e. The maximum absolute atomic E-state index is 13.5. The third kappa shape index (κ3) is 3.82. The Labute approximate surface area is 135 Å². The van der Waals surface area contributed by atoms with E-state index in [1.807, 2.05) is 0 Å². The van der Waals surface area contributed by atoms with Gasteiger partial charge in [0.25, 0.3) is 0 Å². The van der Waals surface area contributed by atoms with Crippen molar-refractivity contribution in [2.45, 2.75) is 6.61 Å². The third-order valence-corrected chi connectivity index (χ3v) is 3.86. The second kappa shape index (κ2) is 6.57. The van der Waals surface area contributed by atoms with Crippen LogP contribution in [-0.4, -0.2) is 6.61 Å². The van der Waals surface area contributed by atoms with Crippen LogP contribution in [-0.2, 0) is 0 Å². The Balaban J connectivity index is 2.40. The fourth-order valence-electron chi connectivity index (χ4n) is 1.62. The molecule has 112 valence electrons. The summed E-state index contributed by atoms with van der Waals surface area (Å²) >= 11 is 6.69. The van der Waals surface area contributed by atoms with Crippen molar-refractivity contribution in [3.63, 3.8) is 0 Å². The monoisotopic (exact) mass is 424 g/mol. The van der Waals surface area contributed by atoms with Gasteiger partial charge in [0.15, 0.2) is 11.6 Å². The van der Waals surface area contributed by atoms with Crippen molar-refractivity contribution >= 4 is 48.9 Å². The van der Waals surface area contributed by atoms with Crippen LogP contribution in [0.25, 0.3) is 0 Å². The molecule has 0 aliphatic heterocycles. The fraction of sp³-hybridized carbons (Fsp3) is 0.0769. The van der Waals surface area contributed by atoms with Crippen LogP contribution in [0.1, 0.15) is 0 Å². The van der Waals surface area contributed by atoms with Gasteiger partial charge in [0.05, 0.1) is 17.1 Å². The highest BCUT2D eigenvalue weighted by Crippen LogP contribution is 2.37. The lowest BCUT2D eigenvalue weighted by molar-refractivity contribution is -0.0521. The normalized spacial score (nSPS) is 10.8. The lowest BCUT2D eigenvalue weighted by Gasteiger charge is -2.15. The van der Waals surface area contributed by atoms with E-state index >= 15 is 0 Å². The number of anilines is 3. The molecule has 2 rings (SSSR count). The van der Waals surface area contributed by atoms with Crippen molar-refractivity contribution in [3.05, 3.63) is 45.1 Å². The molecule has 0 saturated carbocycles. The van der Waals surface area contributed by atoms with E-state index in [9.17, 15) is 13.2 Å².